The summed E-state index contributed by atoms with van der Waals surface area (Å²) >= 11 is 0. The summed E-state index contributed by atoms with van der Waals surface area (Å²) in [5, 5.41) is 0. The second-order valence-corrected chi connectivity index (χ2v) is 11.4. The molecule has 0 N–H and O–H groups in total. The lowest BCUT2D eigenvalue weighted by atomic mass is 9.79. The number of Topliss-reactive ketones (excluding diaryl/α,β-unsaturated/α-hetero) is 1. The number of fused-ring (bicyclic) bond motifs is 1. The number of carbonyl (C=O) groups is 1. The number of halogens is 4. The Balaban J connectivity index is 1.30. The normalized spacial score (nSPS) is 21.8. The van der Waals surface area contributed by atoms with Crippen molar-refractivity contribution in [2.45, 2.75) is 83.2 Å². The molecule has 1 saturated heterocycles. The summed E-state index contributed by atoms with van der Waals surface area (Å²) in [6, 6.07) is 9.14. The monoisotopic (exact) mass is 533 g/mol. The number of ether oxygens (including phenoxy) is 2. The van der Waals surface area contributed by atoms with Gasteiger partial charge in [0.2, 0.25) is 0 Å². The lowest BCUT2D eigenvalue weighted by Crippen LogP contribution is -2.50. The van der Waals surface area contributed by atoms with Gasteiger partial charge in [-0.3, -0.25) is 9.69 Å². The lowest BCUT2D eigenvalue weighted by Gasteiger charge is -2.46. The molecule has 0 aromatic heterocycles. The summed E-state index contributed by atoms with van der Waals surface area (Å²) in [4.78, 5) is 14.3. The minimum atomic E-state index is -4.85. The van der Waals surface area contributed by atoms with Gasteiger partial charge in [-0.1, -0.05) is 19.1 Å². The van der Waals surface area contributed by atoms with Crippen molar-refractivity contribution in [1.82, 2.24) is 4.90 Å². The van der Waals surface area contributed by atoms with Crippen molar-refractivity contribution in [1.29, 1.82) is 0 Å². The predicted octanol–water partition coefficient (Wildman–Crippen LogP) is 7.36. The SMILES string of the molecule is CC(=O)[C@@H](C)[C@H](c1ccc2c(c1)OC1(CC2)CCN([C@@H](C)c2cc(F)ccc2OC(F)(F)F)CC1)C1CC1. The maximum atomic E-state index is 14.0. The Kier molecular flexibility index (Phi) is 7.22. The van der Waals surface area contributed by atoms with E-state index in [9.17, 15) is 22.4 Å². The number of nitrogens with zero attached hydrogens (tertiary/aromatic N) is 1. The summed E-state index contributed by atoms with van der Waals surface area (Å²) in [5.74, 6) is 0.860. The van der Waals surface area contributed by atoms with E-state index >= 15 is 0 Å². The number of carbonyl (C=O) groups excluding carboxylic acids is 1. The minimum absolute atomic E-state index is 0.0307. The molecule has 0 bridgehead atoms. The van der Waals surface area contributed by atoms with Gasteiger partial charge in [0, 0.05) is 30.6 Å². The van der Waals surface area contributed by atoms with Gasteiger partial charge in [-0.25, -0.2) is 4.39 Å². The molecule has 1 aliphatic carbocycles. The van der Waals surface area contributed by atoms with Gasteiger partial charge in [0.25, 0.3) is 0 Å². The van der Waals surface area contributed by atoms with Crippen LogP contribution in [0.5, 0.6) is 11.5 Å². The van der Waals surface area contributed by atoms with Crippen LogP contribution in [-0.4, -0.2) is 35.7 Å². The van der Waals surface area contributed by atoms with Crippen LogP contribution in [0.2, 0.25) is 0 Å². The van der Waals surface area contributed by atoms with Gasteiger partial charge in [-0.05, 0) is 99.6 Å². The zero-order valence-corrected chi connectivity index (χ0v) is 22.1. The van der Waals surface area contributed by atoms with Crippen molar-refractivity contribution in [3.8, 4) is 11.5 Å². The zero-order valence-electron chi connectivity index (χ0n) is 22.1. The molecule has 2 aromatic rings. The molecule has 2 heterocycles. The van der Waals surface area contributed by atoms with Crippen LogP contribution in [0.1, 0.15) is 81.5 Å². The Hall–Kier alpha value is -2.61. The molecule has 3 aliphatic rings. The summed E-state index contributed by atoms with van der Waals surface area (Å²) in [7, 11) is 0. The number of likely N-dealkylation sites (tertiary alicyclic amines) is 1. The molecule has 4 nitrogen and oxygen atoms in total. The van der Waals surface area contributed by atoms with Crippen LogP contribution in [0.3, 0.4) is 0 Å². The molecule has 1 saturated carbocycles. The third kappa shape index (κ3) is 5.70. The topological polar surface area (TPSA) is 38.8 Å². The van der Waals surface area contributed by atoms with Crippen molar-refractivity contribution < 1.29 is 31.8 Å². The summed E-state index contributed by atoms with van der Waals surface area (Å²) < 4.78 is 63.7. The number of ketones is 1. The van der Waals surface area contributed by atoms with Gasteiger partial charge >= 0.3 is 6.36 Å². The first kappa shape index (κ1) is 27.0. The van der Waals surface area contributed by atoms with Crippen molar-refractivity contribution in [2.75, 3.05) is 13.1 Å². The van der Waals surface area contributed by atoms with E-state index in [1.165, 1.54) is 11.1 Å². The molecule has 38 heavy (non-hydrogen) atoms. The number of hydrogen-bond donors (Lipinski definition) is 0. The number of benzene rings is 2. The van der Waals surface area contributed by atoms with E-state index < -0.39 is 18.2 Å². The van der Waals surface area contributed by atoms with Gasteiger partial charge in [0.15, 0.2) is 0 Å². The fraction of sp³-hybridized carbons (Fsp3) is 0.567. The summed E-state index contributed by atoms with van der Waals surface area (Å²) in [6.07, 6.45) is 0.678. The highest BCUT2D eigenvalue weighted by molar-refractivity contribution is 5.79. The molecule has 1 spiro atoms. The average molecular weight is 534 g/mol. The van der Waals surface area contributed by atoms with Gasteiger partial charge in [-0.15, -0.1) is 13.2 Å². The quantitative estimate of drug-likeness (QED) is 0.349. The van der Waals surface area contributed by atoms with Gasteiger partial charge in [-0.2, -0.15) is 0 Å². The average Bonchev–Trinajstić information content (AvgIpc) is 3.69. The fourth-order valence-electron chi connectivity index (χ4n) is 6.34. The van der Waals surface area contributed by atoms with E-state index in [2.05, 4.69) is 27.8 Å². The Bertz CT molecular complexity index is 1180. The number of piperidine rings is 1. The minimum Gasteiger partial charge on any atom is -0.487 e. The zero-order chi connectivity index (χ0) is 27.2. The first-order chi connectivity index (χ1) is 17.9. The molecule has 206 valence electrons. The Morgan fingerprint density at radius 1 is 1.08 bits per heavy atom. The molecular formula is C30H35F4NO3. The van der Waals surface area contributed by atoms with Crippen LogP contribution < -0.4 is 9.47 Å². The van der Waals surface area contributed by atoms with Gasteiger partial charge in [0.1, 0.15) is 28.7 Å². The van der Waals surface area contributed by atoms with Crippen LogP contribution >= 0.6 is 0 Å². The molecule has 3 atom stereocenters. The highest BCUT2D eigenvalue weighted by Gasteiger charge is 2.42. The van der Waals surface area contributed by atoms with Crippen molar-refractivity contribution >= 4 is 5.78 Å². The molecule has 2 fully saturated rings. The van der Waals surface area contributed by atoms with Gasteiger partial charge in [0.05, 0.1) is 0 Å². The Morgan fingerprint density at radius 2 is 1.79 bits per heavy atom. The summed E-state index contributed by atoms with van der Waals surface area (Å²) in [6.45, 7) is 6.70. The first-order valence-corrected chi connectivity index (χ1v) is 13.6. The molecule has 2 aromatic carbocycles. The van der Waals surface area contributed by atoms with E-state index in [-0.39, 0.29) is 34.5 Å². The number of hydrogen-bond acceptors (Lipinski definition) is 4. The van der Waals surface area contributed by atoms with E-state index in [1.54, 1.807) is 13.8 Å². The van der Waals surface area contributed by atoms with Crippen molar-refractivity contribution in [3.05, 3.63) is 58.9 Å². The second-order valence-electron chi connectivity index (χ2n) is 11.4. The fourth-order valence-corrected chi connectivity index (χ4v) is 6.34. The molecular weight excluding hydrogens is 498 g/mol. The first-order valence-electron chi connectivity index (χ1n) is 13.6. The lowest BCUT2D eigenvalue weighted by molar-refractivity contribution is -0.275. The van der Waals surface area contributed by atoms with Crippen molar-refractivity contribution in [3.63, 3.8) is 0 Å². The van der Waals surface area contributed by atoms with Crippen LogP contribution in [-0.2, 0) is 11.2 Å². The van der Waals surface area contributed by atoms with Crippen LogP contribution in [0, 0.1) is 17.7 Å². The molecule has 0 amide bonds. The van der Waals surface area contributed by atoms with E-state index in [4.69, 9.17) is 4.74 Å². The Morgan fingerprint density at radius 3 is 2.42 bits per heavy atom. The van der Waals surface area contributed by atoms with Crippen molar-refractivity contribution in [2.24, 2.45) is 11.8 Å². The van der Waals surface area contributed by atoms with E-state index in [0.717, 1.165) is 62.5 Å². The summed E-state index contributed by atoms with van der Waals surface area (Å²) in [5.41, 5.74) is 2.19. The van der Waals surface area contributed by atoms with Crippen LogP contribution in [0.15, 0.2) is 36.4 Å². The maximum Gasteiger partial charge on any atom is 0.573 e. The van der Waals surface area contributed by atoms with Crippen LogP contribution in [0.4, 0.5) is 17.6 Å². The van der Waals surface area contributed by atoms with E-state index in [1.807, 2.05) is 6.92 Å². The smallest absolute Gasteiger partial charge is 0.487 e. The number of aryl methyl sites for hydroxylation is 1. The molecule has 0 radical (unpaired) electrons. The largest absolute Gasteiger partial charge is 0.573 e. The highest BCUT2D eigenvalue weighted by atomic mass is 19.4. The molecule has 0 unspecified atom stereocenters. The number of alkyl halides is 3. The number of rotatable bonds is 7. The standard InChI is InChI=1S/C30H35F4NO3/c1-18(20(3)36)28(22-5-6-22)23-7-4-21-10-11-29(37-27(21)16-23)12-14-35(15-13-29)19(2)25-17-24(31)8-9-26(25)38-30(32,33)34/h4,7-9,16-19,22,28H,5-6,10-15H2,1-3H3/t18-,19+,28+/m1/s1. The Labute approximate surface area is 221 Å². The molecule has 2 aliphatic heterocycles. The third-order valence-corrected chi connectivity index (χ3v) is 8.87. The predicted molar refractivity (Wildman–Crippen MR) is 136 cm³/mol. The third-order valence-electron chi connectivity index (χ3n) is 8.87. The highest BCUT2D eigenvalue weighted by Crippen LogP contribution is 2.49. The molecule has 5 rings (SSSR count). The van der Waals surface area contributed by atoms with Crippen LogP contribution in [0.25, 0.3) is 0 Å². The van der Waals surface area contributed by atoms with E-state index in [0.29, 0.717) is 19.0 Å². The second kappa shape index (κ2) is 10.2. The maximum absolute atomic E-state index is 14.0. The van der Waals surface area contributed by atoms with Gasteiger partial charge < -0.3 is 9.47 Å². The molecule has 8 heteroatoms.